The number of nitrogens with zero attached hydrogens (tertiary/aromatic N) is 2. The van der Waals surface area contributed by atoms with Gasteiger partial charge in [0.1, 0.15) is 0 Å². The first kappa shape index (κ1) is 14.6. The molecule has 2 heterocycles. The molecule has 5 heteroatoms. The zero-order valence-electron chi connectivity index (χ0n) is 12.0. The third-order valence-corrected chi connectivity index (χ3v) is 4.29. The topological polar surface area (TPSA) is 55.3 Å². The molecule has 1 aromatic heterocycles. The fraction of sp³-hybridized carbons (Fsp3) is 0.438. The van der Waals surface area contributed by atoms with Gasteiger partial charge in [-0.1, -0.05) is 18.0 Å². The molecule has 2 N–H and O–H groups in total. The molecular formula is C16H20ClN3O. The molecule has 1 unspecified atom stereocenters. The quantitative estimate of drug-likeness (QED) is 0.941. The van der Waals surface area contributed by atoms with Gasteiger partial charge >= 0.3 is 0 Å². The van der Waals surface area contributed by atoms with Crippen molar-refractivity contribution in [3.8, 4) is 11.3 Å². The van der Waals surface area contributed by atoms with E-state index in [9.17, 15) is 0 Å². The summed E-state index contributed by atoms with van der Waals surface area (Å²) in [5, 5.41) is 0.720. The Hall–Kier alpha value is -1.36. The first-order chi connectivity index (χ1) is 10.3. The summed E-state index contributed by atoms with van der Waals surface area (Å²) in [5.41, 5.74) is 6.85. The second-order valence-electron chi connectivity index (χ2n) is 5.48. The van der Waals surface area contributed by atoms with E-state index in [-0.39, 0.29) is 0 Å². The second-order valence-corrected chi connectivity index (χ2v) is 5.92. The molecule has 0 amide bonds. The van der Waals surface area contributed by atoms with E-state index in [0.717, 1.165) is 35.3 Å². The van der Waals surface area contributed by atoms with Crippen LogP contribution in [0.2, 0.25) is 5.02 Å². The molecular weight excluding hydrogens is 286 g/mol. The molecule has 112 valence electrons. The zero-order valence-corrected chi connectivity index (χ0v) is 12.7. The van der Waals surface area contributed by atoms with E-state index in [4.69, 9.17) is 21.8 Å². The lowest BCUT2D eigenvalue weighted by Crippen LogP contribution is -2.43. The SMILES string of the molecule is NCC1CCCCN1Cc1ncc(-c2ccc(Cl)cc2)o1. The number of rotatable bonds is 4. The van der Waals surface area contributed by atoms with Gasteiger partial charge in [0, 0.05) is 23.2 Å². The van der Waals surface area contributed by atoms with Crippen molar-refractivity contribution in [2.24, 2.45) is 5.73 Å². The van der Waals surface area contributed by atoms with E-state index in [1.807, 2.05) is 24.3 Å². The fourth-order valence-electron chi connectivity index (χ4n) is 2.84. The summed E-state index contributed by atoms with van der Waals surface area (Å²) in [6.07, 6.45) is 5.43. The number of piperidine rings is 1. The number of halogens is 1. The highest BCUT2D eigenvalue weighted by Crippen LogP contribution is 2.24. The molecule has 1 atom stereocenters. The summed E-state index contributed by atoms with van der Waals surface area (Å²) in [7, 11) is 0. The van der Waals surface area contributed by atoms with Crippen LogP contribution in [0, 0.1) is 0 Å². The lowest BCUT2D eigenvalue weighted by Gasteiger charge is -2.33. The van der Waals surface area contributed by atoms with Gasteiger partial charge in [-0.3, -0.25) is 4.90 Å². The number of likely N-dealkylation sites (tertiary alicyclic amines) is 1. The molecule has 21 heavy (non-hydrogen) atoms. The predicted octanol–water partition coefficient (Wildman–Crippen LogP) is 3.31. The summed E-state index contributed by atoms with van der Waals surface area (Å²) in [5.74, 6) is 1.53. The maximum Gasteiger partial charge on any atom is 0.209 e. The second kappa shape index (κ2) is 6.60. The van der Waals surface area contributed by atoms with Crippen molar-refractivity contribution in [2.45, 2.75) is 31.8 Å². The summed E-state index contributed by atoms with van der Waals surface area (Å²) in [4.78, 5) is 6.77. The molecule has 1 aromatic carbocycles. The highest BCUT2D eigenvalue weighted by molar-refractivity contribution is 6.30. The third kappa shape index (κ3) is 3.46. The fourth-order valence-corrected chi connectivity index (χ4v) is 2.97. The maximum atomic E-state index is 5.90. The van der Waals surface area contributed by atoms with E-state index in [0.29, 0.717) is 12.6 Å². The minimum atomic E-state index is 0.449. The standard InChI is InChI=1S/C16H20ClN3O/c17-13-6-4-12(5-7-13)15-10-19-16(21-15)11-20-8-2-1-3-14(20)9-18/h4-7,10,14H,1-3,8-9,11,18H2. The van der Waals surface area contributed by atoms with E-state index >= 15 is 0 Å². The van der Waals surface area contributed by atoms with Crippen molar-refractivity contribution in [3.63, 3.8) is 0 Å². The highest BCUT2D eigenvalue weighted by Gasteiger charge is 2.22. The number of hydrogen-bond acceptors (Lipinski definition) is 4. The predicted molar refractivity (Wildman–Crippen MR) is 84.1 cm³/mol. The van der Waals surface area contributed by atoms with Crippen LogP contribution < -0.4 is 5.73 Å². The molecule has 4 nitrogen and oxygen atoms in total. The van der Waals surface area contributed by atoms with E-state index < -0.39 is 0 Å². The van der Waals surface area contributed by atoms with E-state index in [1.165, 1.54) is 19.3 Å². The van der Waals surface area contributed by atoms with Crippen LogP contribution in [0.25, 0.3) is 11.3 Å². The number of nitrogens with two attached hydrogens (primary N) is 1. The number of aromatic nitrogens is 1. The molecule has 0 bridgehead atoms. The van der Waals surface area contributed by atoms with Crippen molar-refractivity contribution in [3.05, 3.63) is 41.4 Å². The van der Waals surface area contributed by atoms with Gasteiger partial charge in [0.25, 0.3) is 0 Å². The van der Waals surface area contributed by atoms with Gasteiger partial charge in [0.15, 0.2) is 5.76 Å². The Morgan fingerprint density at radius 3 is 2.86 bits per heavy atom. The van der Waals surface area contributed by atoms with Crippen molar-refractivity contribution in [1.82, 2.24) is 9.88 Å². The third-order valence-electron chi connectivity index (χ3n) is 4.04. The summed E-state index contributed by atoms with van der Waals surface area (Å²) >= 11 is 5.90. The minimum Gasteiger partial charge on any atom is -0.439 e. The van der Waals surface area contributed by atoms with Crippen molar-refractivity contribution in [2.75, 3.05) is 13.1 Å². The summed E-state index contributed by atoms with van der Waals surface area (Å²) < 4.78 is 5.87. The van der Waals surface area contributed by atoms with Gasteiger partial charge in [0.2, 0.25) is 5.89 Å². The zero-order chi connectivity index (χ0) is 14.7. The molecule has 0 spiro atoms. The Morgan fingerprint density at radius 1 is 1.29 bits per heavy atom. The average molecular weight is 306 g/mol. The van der Waals surface area contributed by atoms with Gasteiger partial charge in [-0.05, 0) is 43.7 Å². The highest BCUT2D eigenvalue weighted by atomic mass is 35.5. The van der Waals surface area contributed by atoms with Crippen LogP contribution >= 0.6 is 11.6 Å². The van der Waals surface area contributed by atoms with Crippen LogP contribution in [0.4, 0.5) is 0 Å². The monoisotopic (exact) mass is 305 g/mol. The largest absolute Gasteiger partial charge is 0.439 e. The average Bonchev–Trinajstić information content (AvgIpc) is 2.97. The Bertz CT molecular complexity index is 581. The van der Waals surface area contributed by atoms with Crippen molar-refractivity contribution in [1.29, 1.82) is 0 Å². The number of benzene rings is 1. The maximum absolute atomic E-state index is 5.90. The Labute approximate surface area is 129 Å². The summed E-state index contributed by atoms with van der Waals surface area (Å²) in [6, 6.07) is 8.04. The Kier molecular flexibility index (Phi) is 4.58. The first-order valence-electron chi connectivity index (χ1n) is 7.41. The molecule has 1 fully saturated rings. The normalized spacial score (nSPS) is 19.8. The minimum absolute atomic E-state index is 0.449. The van der Waals surface area contributed by atoms with Crippen LogP contribution in [0.15, 0.2) is 34.9 Å². The van der Waals surface area contributed by atoms with Crippen LogP contribution in [0.3, 0.4) is 0 Å². The lowest BCUT2D eigenvalue weighted by atomic mass is 10.0. The van der Waals surface area contributed by atoms with E-state index in [2.05, 4.69) is 9.88 Å². The van der Waals surface area contributed by atoms with Gasteiger partial charge in [-0.15, -0.1) is 0 Å². The van der Waals surface area contributed by atoms with Crippen LogP contribution in [0.1, 0.15) is 25.2 Å². The lowest BCUT2D eigenvalue weighted by molar-refractivity contribution is 0.132. The van der Waals surface area contributed by atoms with Gasteiger partial charge in [0.05, 0.1) is 12.7 Å². The van der Waals surface area contributed by atoms with Crippen LogP contribution in [-0.2, 0) is 6.54 Å². The Morgan fingerprint density at radius 2 is 2.10 bits per heavy atom. The molecule has 1 saturated heterocycles. The molecule has 2 aromatic rings. The van der Waals surface area contributed by atoms with Crippen LogP contribution in [0.5, 0.6) is 0 Å². The smallest absolute Gasteiger partial charge is 0.209 e. The molecule has 1 aliphatic rings. The molecule has 1 aliphatic heterocycles. The first-order valence-corrected chi connectivity index (χ1v) is 7.79. The van der Waals surface area contributed by atoms with Gasteiger partial charge in [-0.2, -0.15) is 0 Å². The van der Waals surface area contributed by atoms with Crippen LogP contribution in [-0.4, -0.2) is 29.0 Å². The Balaban J connectivity index is 1.71. The van der Waals surface area contributed by atoms with E-state index in [1.54, 1.807) is 6.20 Å². The molecule has 0 radical (unpaired) electrons. The summed E-state index contributed by atoms with van der Waals surface area (Å²) in [6.45, 7) is 2.50. The van der Waals surface area contributed by atoms with Gasteiger partial charge < -0.3 is 10.2 Å². The molecule has 0 saturated carbocycles. The van der Waals surface area contributed by atoms with Crippen molar-refractivity contribution < 1.29 is 4.42 Å². The van der Waals surface area contributed by atoms with Gasteiger partial charge in [-0.25, -0.2) is 4.98 Å². The number of oxazole rings is 1. The van der Waals surface area contributed by atoms with Crippen molar-refractivity contribution >= 4 is 11.6 Å². The molecule has 3 rings (SSSR count). The molecule has 0 aliphatic carbocycles. The number of hydrogen-bond donors (Lipinski definition) is 1.